The number of hydrogen-bond acceptors (Lipinski definition) is 5. The van der Waals surface area contributed by atoms with Gasteiger partial charge in [-0.1, -0.05) is 13.8 Å². The van der Waals surface area contributed by atoms with Crippen molar-refractivity contribution in [3.05, 3.63) is 0 Å². The molecule has 0 fully saturated rings. The van der Waals surface area contributed by atoms with Crippen molar-refractivity contribution in [3.8, 4) is 0 Å². The van der Waals surface area contributed by atoms with Gasteiger partial charge in [0.05, 0.1) is 11.2 Å². The number of sulfone groups is 1. The number of carboxylic acid groups (broad SMARTS) is 1. The standard InChI is InChI=1S/C14H27NO6S/c1-6-14(11(16)17,8-9-22(19,20)7-2)10-15-12(18)21-13(3,4)5/h6-10H2,1-5H3,(H,15,18)(H,16,17). The molecule has 0 aliphatic carbocycles. The number of carbonyl (C=O) groups excluding carboxylic acids is 1. The van der Waals surface area contributed by atoms with E-state index < -0.39 is 32.9 Å². The minimum Gasteiger partial charge on any atom is -0.481 e. The second kappa shape index (κ2) is 7.80. The van der Waals surface area contributed by atoms with Gasteiger partial charge in [-0.15, -0.1) is 0 Å². The lowest BCUT2D eigenvalue weighted by molar-refractivity contribution is -0.149. The van der Waals surface area contributed by atoms with Gasteiger partial charge in [0.15, 0.2) is 0 Å². The van der Waals surface area contributed by atoms with Crippen LogP contribution in [0.5, 0.6) is 0 Å². The fourth-order valence-corrected chi connectivity index (χ4v) is 2.77. The Morgan fingerprint density at radius 2 is 1.73 bits per heavy atom. The SMILES string of the molecule is CCC(CCS(=O)(=O)CC)(CNC(=O)OC(C)(C)C)C(=O)O. The number of nitrogens with one attached hydrogen (secondary N) is 1. The molecule has 8 heteroatoms. The highest BCUT2D eigenvalue weighted by Gasteiger charge is 2.38. The average Bonchev–Trinajstić information content (AvgIpc) is 2.37. The first-order valence-electron chi connectivity index (χ1n) is 7.28. The molecule has 0 saturated heterocycles. The molecule has 130 valence electrons. The third kappa shape index (κ3) is 7.11. The first kappa shape index (κ1) is 20.7. The molecule has 22 heavy (non-hydrogen) atoms. The minimum absolute atomic E-state index is 0.0358. The molecule has 0 saturated carbocycles. The molecule has 0 heterocycles. The average molecular weight is 337 g/mol. The summed E-state index contributed by atoms with van der Waals surface area (Å²) < 4.78 is 28.3. The van der Waals surface area contributed by atoms with Crippen LogP contribution < -0.4 is 5.32 Å². The predicted octanol–water partition coefficient (Wildman–Crippen LogP) is 1.82. The van der Waals surface area contributed by atoms with Crippen LogP contribution in [0, 0.1) is 5.41 Å². The summed E-state index contributed by atoms with van der Waals surface area (Å²) in [6.45, 7) is 8.10. The van der Waals surface area contributed by atoms with Crippen molar-refractivity contribution in [1.29, 1.82) is 0 Å². The Bertz CT molecular complexity index is 494. The minimum atomic E-state index is -3.27. The molecule has 0 aliphatic rings. The Hall–Kier alpha value is -1.31. The number of amides is 1. The highest BCUT2D eigenvalue weighted by molar-refractivity contribution is 7.91. The maximum absolute atomic E-state index is 11.7. The van der Waals surface area contributed by atoms with Crippen molar-refractivity contribution < 1.29 is 27.9 Å². The van der Waals surface area contributed by atoms with E-state index in [-0.39, 0.29) is 30.9 Å². The third-order valence-electron chi connectivity index (χ3n) is 3.43. The van der Waals surface area contributed by atoms with Crippen molar-refractivity contribution in [2.45, 2.75) is 53.1 Å². The van der Waals surface area contributed by atoms with Crippen LogP contribution in [-0.4, -0.2) is 49.2 Å². The monoisotopic (exact) mass is 337 g/mol. The predicted molar refractivity (Wildman–Crippen MR) is 83.5 cm³/mol. The lowest BCUT2D eigenvalue weighted by atomic mass is 9.82. The van der Waals surface area contributed by atoms with Gasteiger partial charge in [0, 0.05) is 12.3 Å². The molecule has 2 N–H and O–H groups in total. The molecule has 0 radical (unpaired) electrons. The lowest BCUT2D eigenvalue weighted by Gasteiger charge is -2.29. The van der Waals surface area contributed by atoms with E-state index in [1.165, 1.54) is 6.92 Å². The topological polar surface area (TPSA) is 110 Å². The van der Waals surface area contributed by atoms with Gasteiger partial charge in [-0.2, -0.15) is 0 Å². The summed E-state index contributed by atoms with van der Waals surface area (Å²) in [6, 6.07) is 0. The van der Waals surface area contributed by atoms with E-state index in [1.54, 1.807) is 27.7 Å². The highest BCUT2D eigenvalue weighted by Crippen LogP contribution is 2.27. The Labute approximate surface area is 132 Å². The quantitative estimate of drug-likeness (QED) is 0.699. The van der Waals surface area contributed by atoms with Gasteiger partial charge in [-0.25, -0.2) is 13.2 Å². The molecular formula is C14H27NO6S. The van der Waals surface area contributed by atoms with E-state index in [0.29, 0.717) is 0 Å². The number of aliphatic carboxylic acids is 1. The second-order valence-corrected chi connectivity index (χ2v) is 8.75. The van der Waals surface area contributed by atoms with Gasteiger partial charge in [0.2, 0.25) is 0 Å². The molecular weight excluding hydrogens is 310 g/mol. The number of carboxylic acids is 1. The fourth-order valence-electron chi connectivity index (χ4n) is 1.77. The largest absolute Gasteiger partial charge is 0.481 e. The van der Waals surface area contributed by atoms with Crippen molar-refractivity contribution >= 4 is 21.9 Å². The molecule has 1 atom stereocenters. The molecule has 0 aliphatic heterocycles. The maximum atomic E-state index is 11.7. The summed E-state index contributed by atoms with van der Waals surface area (Å²) in [5, 5.41) is 11.9. The van der Waals surface area contributed by atoms with Crippen molar-refractivity contribution in [2.24, 2.45) is 5.41 Å². The van der Waals surface area contributed by atoms with E-state index in [1.807, 2.05) is 0 Å². The van der Waals surface area contributed by atoms with E-state index in [4.69, 9.17) is 4.74 Å². The summed E-state index contributed by atoms with van der Waals surface area (Å²) in [5.41, 5.74) is -2.01. The van der Waals surface area contributed by atoms with E-state index in [9.17, 15) is 23.1 Å². The number of ether oxygens (including phenoxy) is 1. The molecule has 0 spiro atoms. The molecule has 1 amide bonds. The van der Waals surface area contributed by atoms with Gasteiger partial charge in [0.1, 0.15) is 15.4 Å². The summed E-state index contributed by atoms with van der Waals surface area (Å²) in [7, 11) is -3.27. The van der Waals surface area contributed by atoms with Gasteiger partial charge in [0.25, 0.3) is 0 Å². The zero-order chi connectivity index (χ0) is 17.6. The summed E-state index contributed by atoms with van der Waals surface area (Å²) in [5.74, 6) is -1.39. The first-order valence-corrected chi connectivity index (χ1v) is 9.10. The van der Waals surface area contributed by atoms with Crippen LogP contribution >= 0.6 is 0 Å². The zero-order valence-electron chi connectivity index (χ0n) is 13.9. The van der Waals surface area contributed by atoms with Crippen LogP contribution in [0.2, 0.25) is 0 Å². The smallest absolute Gasteiger partial charge is 0.407 e. The van der Waals surface area contributed by atoms with Gasteiger partial charge < -0.3 is 15.2 Å². The molecule has 1 unspecified atom stereocenters. The van der Waals surface area contributed by atoms with Crippen LogP contribution in [0.25, 0.3) is 0 Å². The molecule has 0 aromatic rings. The van der Waals surface area contributed by atoms with Crippen LogP contribution in [0.4, 0.5) is 4.79 Å². The molecule has 7 nitrogen and oxygen atoms in total. The Balaban J connectivity index is 4.91. The van der Waals surface area contributed by atoms with Gasteiger partial charge in [-0.3, -0.25) is 4.79 Å². The number of carbonyl (C=O) groups is 2. The van der Waals surface area contributed by atoms with Crippen LogP contribution in [0.15, 0.2) is 0 Å². The molecule has 0 aromatic heterocycles. The Kier molecular flexibility index (Phi) is 7.34. The van der Waals surface area contributed by atoms with Crippen LogP contribution in [0.1, 0.15) is 47.5 Å². The Morgan fingerprint density at radius 1 is 1.18 bits per heavy atom. The highest BCUT2D eigenvalue weighted by atomic mass is 32.2. The second-order valence-electron chi connectivity index (χ2n) is 6.28. The molecule has 0 rings (SSSR count). The number of hydrogen-bond donors (Lipinski definition) is 2. The van der Waals surface area contributed by atoms with Crippen molar-refractivity contribution in [2.75, 3.05) is 18.1 Å². The maximum Gasteiger partial charge on any atom is 0.407 e. The summed E-state index contributed by atoms with van der Waals surface area (Å²) in [6.07, 6.45) is -0.563. The van der Waals surface area contributed by atoms with Crippen LogP contribution in [0.3, 0.4) is 0 Å². The first-order chi connectivity index (χ1) is 9.87. The number of rotatable bonds is 8. The lowest BCUT2D eigenvalue weighted by Crippen LogP contribution is -2.45. The van der Waals surface area contributed by atoms with Crippen LogP contribution in [-0.2, 0) is 19.4 Å². The van der Waals surface area contributed by atoms with Crippen molar-refractivity contribution in [3.63, 3.8) is 0 Å². The van der Waals surface area contributed by atoms with E-state index >= 15 is 0 Å². The normalized spacial score (nSPS) is 15.0. The summed E-state index contributed by atoms with van der Waals surface area (Å²) in [4.78, 5) is 23.2. The zero-order valence-corrected chi connectivity index (χ0v) is 14.7. The molecule has 0 aromatic carbocycles. The Morgan fingerprint density at radius 3 is 2.09 bits per heavy atom. The van der Waals surface area contributed by atoms with Gasteiger partial charge >= 0.3 is 12.1 Å². The third-order valence-corrected chi connectivity index (χ3v) is 5.14. The summed E-state index contributed by atoms with van der Waals surface area (Å²) >= 11 is 0. The van der Waals surface area contributed by atoms with E-state index in [2.05, 4.69) is 5.32 Å². The number of alkyl carbamates (subject to hydrolysis) is 1. The van der Waals surface area contributed by atoms with Crippen molar-refractivity contribution in [1.82, 2.24) is 5.32 Å². The fraction of sp³-hybridized carbons (Fsp3) is 0.857. The van der Waals surface area contributed by atoms with E-state index in [0.717, 1.165) is 0 Å². The molecule has 0 bridgehead atoms. The van der Waals surface area contributed by atoms with Gasteiger partial charge in [-0.05, 0) is 33.6 Å².